The summed E-state index contributed by atoms with van der Waals surface area (Å²) in [6, 6.07) is 0. The van der Waals surface area contributed by atoms with E-state index < -0.39 is 6.10 Å². The van der Waals surface area contributed by atoms with E-state index >= 15 is 0 Å². The zero-order valence-electron chi connectivity index (χ0n) is 44.9. The molecule has 0 saturated carbocycles. The molecule has 392 valence electrons. The summed E-state index contributed by atoms with van der Waals surface area (Å²) >= 11 is 0. The van der Waals surface area contributed by atoms with Crippen molar-refractivity contribution in [3.63, 3.8) is 0 Å². The predicted molar refractivity (Wildman–Crippen MR) is 289 cm³/mol. The Morgan fingerprint density at radius 1 is 0.299 bits per heavy atom. The number of carbonyl (C=O) groups is 3. The Bertz CT molecular complexity index is 1130. The van der Waals surface area contributed by atoms with Crippen LogP contribution in [0.15, 0.2) is 36.5 Å². The van der Waals surface area contributed by atoms with Gasteiger partial charge in [-0.15, -0.1) is 0 Å². The minimum Gasteiger partial charge on any atom is -0.462 e. The van der Waals surface area contributed by atoms with Gasteiger partial charge in [0.1, 0.15) is 13.2 Å². The molecule has 0 aromatic heterocycles. The van der Waals surface area contributed by atoms with Crippen molar-refractivity contribution < 1.29 is 28.6 Å². The molecule has 0 N–H and O–H groups in total. The van der Waals surface area contributed by atoms with Crippen molar-refractivity contribution in [2.24, 2.45) is 0 Å². The first kappa shape index (κ1) is 64.6. The van der Waals surface area contributed by atoms with Crippen LogP contribution in [0.25, 0.3) is 0 Å². The van der Waals surface area contributed by atoms with Crippen LogP contribution < -0.4 is 0 Å². The Hall–Kier alpha value is -2.37. The highest BCUT2D eigenvalue weighted by Gasteiger charge is 2.19. The first-order valence-corrected chi connectivity index (χ1v) is 29.5. The van der Waals surface area contributed by atoms with E-state index in [1.807, 2.05) is 0 Å². The lowest BCUT2D eigenvalue weighted by molar-refractivity contribution is -0.167. The normalized spacial score (nSPS) is 12.2. The van der Waals surface area contributed by atoms with Gasteiger partial charge in [0.15, 0.2) is 6.10 Å². The summed E-state index contributed by atoms with van der Waals surface area (Å²) in [6.07, 6.45) is 67.6. The van der Waals surface area contributed by atoms with Crippen molar-refractivity contribution in [1.29, 1.82) is 0 Å². The molecule has 0 saturated heterocycles. The van der Waals surface area contributed by atoms with E-state index in [1.165, 1.54) is 199 Å². The Morgan fingerprint density at radius 3 is 0.836 bits per heavy atom. The smallest absolute Gasteiger partial charge is 0.306 e. The maximum atomic E-state index is 12.8. The van der Waals surface area contributed by atoms with Gasteiger partial charge >= 0.3 is 17.9 Å². The number of hydrogen-bond donors (Lipinski definition) is 0. The van der Waals surface area contributed by atoms with Gasteiger partial charge in [-0.25, -0.2) is 0 Å². The van der Waals surface area contributed by atoms with E-state index in [4.69, 9.17) is 14.2 Å². The molecule has 0 radical (unpaired) electrons. The molecule has 1 atom stereocenters. The molecule has 0 amide bonds. The molecule has 0 aromatic carbocycles. The second-order valence-electron chi connectivity index (χ2n) is 19.9. The average Bonchev–Trinajstić information content (AvgIpc) is 3.33. The summed E-state index contributed by atoms with van der Waals surface area (Å²) in [5.41, 5.74) is 0. The van der Waals surface area contributed by atoms with Gasteiger partial charge in [-0.3, -0.25) is 14.4 Å². The Kier molecular flexibility index (Phi) is 54.2. The number of ether oxygens (including phenoxy) is 3. The molecule has 0 aliphatic heterocycles. The molecular weight excluding hydrogens is 829 g/mol. The molecule has 0 heterocycles. The van der Waals surface area contributed by atoms with Crippen LogP contribution in [0.2, 0.25) is 0 Å². The largest absolute Gasteiger partial charge is 0.462 e. The first-order valence-electron chi connectivity index (χ1n) is 29.5. The summed E-state index contributed by atoms with van der Waals surface area (Å²) < 4.78 is 16.7. The zero-order valence-corrected chi connectivity index (χ0v) is 44.9. The van der Waals surface area contributed by atoms with Crippen LogP contribution in [0.4, 0.5) is 0 Å². The summed E-state index contributed by atoms with van der Waals surface area (Å²) in [5, 5.41) is 0. The number of carbonyl (C=O) groups excluding carboxylic acids is 3. The van der Waals surface area contributed by atoms with Crippen molar-refractivity contribution in [2.75, 3.05) is 13.2 Å². The highest BCUT2D eigenvalue weighted by atomic mass is 16.6. The second kappa shape index (κ2) is 56.2. The van der Waals surface area contributed by atoms with Crippen molar-refractivity contribution in [2.45, 2.75) is 322 Å². The fourth-order valence-electron chi connectivity index (χ4n) is 8.69. The third-order valence-electron chi connectivity index (χ3n) is 13.1. The van der Waals surface area contributed by atoms with Crippen molar-refractivity contribution in [3.8, 4) is 0 Å². The summed E-state index contributed by atoms with van der Waals surface area (Å²) in [7, 11) is 0. The van der Waals surface area contributed by atoms with Gasteiger partial charge in [-0.05, 0) is 57.8 Å². The fraction of sp³-hybridized carbons (Fsp3) is 0.852. The van der Waals surface area contributed by atoms with Crippen LogP contribution in [0, 0.1) is 0 Å². The molecule has 0 aliphatic carbocycles. The standard InChI is InChI=1S/C61H112O6/c1-4-7-10-13-15-17-19-21-23-25-27-28-29-30-31-32-34-35-37-39-41-43-45-48-51-54-60(63)66-57-58(56-65-59(62)53-50-47-12-9-6-3)67-61(64)55-52-49-46-44-42-40-38-36-33-26-24-22-20-18-16-14-11-8-5-2/h19,21,25,27,29-30,58H,4-18,20,22-24,26,28,31-57H2,1-3H3/b21-19-,27-25-,30-29-. The Morgan fingerprint density at radius 2 is 0.537 bits per heavy atom. The van der Waals surface area contributed by atoms with Crippen LogP contribution in [0.1, 0.15) is 316 Å². The fourth-order valence-corrected chi connectivity index (χ4v) is 8.69. The summed E-state index contributed by atoms with van der Waals surface area (Å²) in [4.78, 5) is 37.8. The lowest BCUT2D eigenvalue weighted by Gasteiger charge is -2.18. The SMILES string of the molecule is CCCCCCC/C=C\C/C=C\C/C=C\CCCCCCCCCCCCC(=O)OCC(COC(=O)CCCCCCC)OC(=O)CCCCCCCCCCCCCCCCCCCCC. The van der Waals surface area contributed by atoms with E-state index in [0.29, 0.717) is 19.3 Å². The van der Waals surface area contributed by atoms with Crippen LogP contribution >= 0.6 is 0 Å². The number of hydrogen-bond acceptors (Lipinski definition) is 6. The lowest BCUT2D eigenvalue weighted by atomic mass is 10.0. The van der Waals surface area contributed by atoms with Gasteiger partial charge in [0, 0.05) is 19.3 Å². The highest BCUT2D eigenvalue weighted by molar-refractivity contribution is 5.71. The van der Waals surface area contributed by atoms with E-state index in [2.05, 4.69) is 57.2 Å². The number of rotatable bonds is 54. The Labute approximate surface area is 416 Å². The van der Waals surface area contributed by atoms with Crippen molar-refractivity contribution in [1.82, 2.24) is 0 Å². The molecule has 0 aliphatic rings. The molecule has 1 unspecified atom stereocenters. The molecule has 0 aromatic rings. The van der Waals surface area contributed by atoms with Crippen LogP contribution in [0.3, 0.4) is 0 Å². The average molecular weight is 942 g/mol. The van der Waals surface area contributed by atoms with Crippen LogP contribution in [0.5, 0.6) is 0 Å². The van der Waals surface area contributed by atoms with Gasteiger partial charge in [-0.2, -0.15) is 0 Å². The quantitative estimate of drug-likeness (QED) is 0.0262. The Balaban J connectivity index is 4.05. The molecular formula is C61H112O6. The van der Waals surface area contributed by atoms with E-state index in [9.17, 15) is 14.4 Å². The maximum Gasteiger partial charge on any atom is 0.306 e. The third-order valence-corrected chi connectivity index (χ3v) is 13.1. The first-order chi connectivity index (χ1) is 33.0. The molecule has 0 spiro atoms. The number of esters is 3. The van der Waals surface area contributed by atoms with Gasteiger partial charge in [0.25, 0.3) is 0 Å². The van der Waals surface area contributed by atoms with Crippen LogP contribution in [-0.4, -0.2) is 37.2 Å². The monoisotopic (exact) mass is 941 g/mol. The second-order valence-corrected chi connectivity index (χ2v) is 19.9. The number of unbranched alkanes of at least 4 members (excludes halogenated alkanes) is 37. The molecule has 0 bridgehead atoms. The highest BCUT2D eigenvalue weighted by Crippen LogP contribution is 2.17. The predicted octanol–water partition coefficient (Wildman–Crippen LogP) is 19.7. The molecule has 0 fully saturated rings. The van der Waals surface area contributed by atoms with E-state index in [0.717, 1.165) is 77.0 Å². The van der Waals surface area contributed by atoms with Gasteiger partial charge < -0.3 is 14.2 Å². The topological polar surface area (TPSA) is 78.9 Å². The molecule has 6 heteroatoms. The van der Waals surface area contributed by atoms with E-state index in [1.54, 1.807) is 0 Å². The molecule has 6 nitrogen and oxygen atoms in total. The van der Waals surface area contributed by atoms with Gasteiger partial charge in [-0.1, -0.05) is 276 Å². The summed E-state index contributed by atoms with van der Waals surface area (Å²) in [6.45, 7) is 6.58. The molecule has 67 heavy (non-hydrogen) atoms. The van der Waals surface area contributed by atoms with E-state index in [-0.39, 0.29) is 31.1 Å². The minimum atomic E-state index is -0.767. The van der Waals surface area contributed by atoms with Crippen molar-refractivity contribution in [3.05, 3.63) is 36.5 Å². The summed E-state index contributed by atoms with van der Waals surface area (Å²) in [5.74, 6) is -0.871. The third kappa shape index (κ3) is 54.4. The minimum absolute atomic E-state index is 0.0707. The van der Waals surface area contributed by atoms with Crippen molar-refractivity contribution >= 4 is 17.9 Å². The maximum absolute atomic E-state index is 12.8. The lowest BCUT2D eigenvalue weighted by Crippen LogP contribution is -2.30. The zero-order chi connectivity index (χ0) is 48.6. The van der Waals surface area contributed by atoms with Gasteiger partial charge in [0.2, 0.25) is 0 Å². The number of allylic oxidation sites excluding steroid dienone is 6. The van der Waals surface area contributed by atoms with Gasteiger partial charge in [0.05, 0.1) is 0 Å². The van der Waals surface area contributed by atoms with Crippen LogP contribution in [-0.2, 0) is 28.6 Å². The molecule has 0 rings (SSSR count).